The van der Waals surface area contributed by atoms with Gasteiger partial charge < -0.3 is 9.64 Å². The number of fused-ring (bicyclic) bond motifs is 1. The third-order valence-electron chi connectivity index (χ3n) is 2.62. The normalized spacial score (nSPS) is 19.3. The quantitative estimate of drug-likeness (QED) is 0.703. The van der Waals surface area contributed by atoms with Gasteiger partial charge in [-0.05, 0) is 19.1 Å². The van der Waals surface area contributed by atoms with Gasteiger partial charge in [-0.15, -0.1) is 0 Å². The first-order chi connectivity index (χ1) is 7.24. The number of nitrogens with zero attached hydrogens (tertiary/aromatic N) is 1. The van der Waals surface area contributed by atoms with Gasteiger partial charge in [0.2, 0.25) is 5.91 Å². The van der Waals surface area contributed by atoms with Crippen LogP contribution in [0.5, 0.6) is 5.75 Å². The SMILES string of the molecule is CCC(=O)N1c2ccccc2OCC1C. The number of hydrogen-bond acceptors (Lipinski definition) is 2. The summed E-state index contributed by atoms with van der Waals surface area (Å²) in [5.74, 6) is 0.954. The summed E-state index contributed by atoms with van der Waals surface area (Å²) in [4.78, 5) is 13.6. The van der Waals surface area contributed by atoms with E-state index in [2.05, 4.69) is 0 Å². The molecule has 1 aromatic rings. The number of amides is 1. The first-order valence-corrected chi connectivity index (χ1v) is 5.28. The lowest BCUT2D eigenvalue weighted by atomic mass is 10.1. The Morgan fingerprint density at radius 3 is 3.00 bits per heavy atom. The Morgan fingerprint density at radius 2 is 2.27 bits per heavy atom. The molecule has 0 aromatic heterocycles. The minimum atomic E-state index is 0.118. The smallest absolute Gasteiger partial charge is 0.227 e. The molecule has 1 unspecified atom stereocenters. The summed E-state index contributed by atoms with van der Waals surface area (Å²) in [6.45, 7) is 4.46. The van der Waals surface area contributed by atoms with Crippen molar-refractivity contribution < 1.29 is 9.53 Å². The van der Waals surface area contributed by atoms with E-state index < -0.39 is 0 Å². The Morgan fingerprint density at radius 1 is 1.53 bits per heavy atom. The van der Waals surface area contributed by atoms with E-state index in [9.17, 15) is 4.79 Å². The molecular formula is C12H15NO2. The Balaban J connectivity index is 2.41. The van der Waals surface area contributed by atoms with Crippen molar-refractivity contribution >= 4 is 11.6 Å². The van der Waals surface area contributed by atoms with Gasteiger partial charge in [0.05, 0.1) is 11.7 Å². The summed E-state index contributed by atoms with van der Waals surface area (Å²) in [7, 11) is 0. The molecule has 0 saturated carbocycles. The first-order valence-electron chi connectivity index (χ1n) is 5.28. The van der Waals surface area contributed by atoms with Crippen molar-refractivity contribution in [2.45, 2.75) is 26.3 Å². The minimum absolute atomic E-state index is 0.118. The Kier molecular flexibility index (Phi) is 2.62. The van der Waals surface area contributed by atoms with E-state index in [0.29, 0.717) is 13.0 Å². The van der Waals surface area contributed by atoms with Gasteiger partial charge in [-0.3, -0.25) is 4.79 Å². The number of carbonyl (C=O) groups excluding carboxylic acids is 1. The molecule has 1 atom stereocenters. The van der Waals surface area contributed by atoms with E-state index in [-0.39, 0.29) is 11.9 Å². The molecule has 0 N–H and O–H groups in total. The zero-order chi connectivity index (χ0) is 10.8. The van der Waals surface area contributed by atoms with Crippen molar-refractivity contribution in [3.8, 4) is 5.75 Å². The second kappa shape index (κ2) is 3.93. The maximum absolute atomic E-state index is 11.8. The highest BCUT2D eigenvalue weighted by atomic mass is 16.5. The van der Waals surface area contributed by atoms with Crippen LogP contribution in [-0.2, 0) is 4.79 Å². The number of rotatable bonds is 1. The molecule has 1 aliphatic rings. The van der Waals surface area contributed by atoms with Crippen LogP contribution in [0, 0.1) is 0 Å². The third-order valence-corrected chi connectivity index (χ3v) is 2.62. The molecule has 0 bridgehead atoms. The standard InChI is InChI=1S/C12H15NO2/c1-3-12(14)13-9(2)8-15-11-7-5-4-6-10(11)13/h4-7,9H,3,8H2,1-2H3. The van der Waals surface area contributed by atoms with Crippen LogP contribution in [-0.4, -0.2) is 18.6 Å². The molecule has 1 aromatic carbocycles. The summed E-state index contributed by atoms with van der Waals surface area (Å²) in [5, 5.41) is 0. The van der Waals surface area contributed by atoms with E-state index in [1.165, 1.54) is 0 Å². The highest BCUT2D eigenvalue weighted by Gasteiger charge is 2.27. The van der Waals surface area contributed by atoms with Crippen LogP contribution in [0.15, 0.2) is 24.3 Å². The summed E-state index contributed by atoms with van der Waals surface area (Å²) in [6, 6.07) is 7.79. The third kappa shape index (κ3) is 1.69. The fraction of sp³-hybridized carbons (Fsp3) is 0.417. The van der Waals surface area contributed by atoms with Crippen LogP contribution in [0.25, 0.3) is 0 Å². The summed E-state index contributed by atoms with van der Waals surface area (Å²) in [5.41, 5.74) is 0.892. The Labute approximate surface area is 89.7 Å². The fourth-order valence-corrected chi connectivity index (χ4v) is 1.85. The van der Waals surface area contributed by atoms with Crippen LogP contribution in [0.2, 0.25) is 0 Å². The lowest BCUT2D eigenvalue weighted by Crippen LogP contribution is -2.44. The summed E-state index contributed by atoms with van der Waals surface area (Å²) in [6.07, 6.45) is 0.526. The molecule has 3 nitrogen and oxygen atoms in total. The second-order valence-corrected chi connectivity index (χ2v) is 3.75. The second-order valence-electron chi connectivity index (χ2n) is 3.75. The molecule has 0 spiro atoms. The monoisotopic (exact) mass is 205 g/mol. The Hall–Kier alpha value is -1.51. The van der Waals surface area contributed by atoms with Crippen molar-refractivity contribution in [2.75, 3.05) is 11.5 Å². The van der Waals surface area contributed by atoms with E-state index in [1.807, 2.05) is 43.0 Å². The van der Waals surface area contributed by atoms with Crippen LogP contribution < -0.4 is 9.64 Å². The number of ether oxygens (including phenoxy) is 1. The molecule has 1 amide bonds. The first kappa shape index (κ1) is 10.0. The van der Waals surface area contributed by atoms with Gasteiger partial charge in [-0.1, -0.05) is 19.1 Å². The predicted octanol–water partition coefficient (Wildman–Crippen LogP) is 2.21. The van der Waals surface area contributed by atoms with E-state index in [0.717, 1.165) is 11.4 Å². The number of para-hydroxylation sites is 2. The van der Waals surface area contributed by atoms with Gasteiger partial charge >= 0.3 is 0 Å². The molecule has 15 heavy (non-hydrogen) atoms. The predicted molar refractivity (Wildman–Crippen MR) is 59.2 cm³/mol. The average Bonchev–Trinajstić information content (AvgIpc) is 2.28. The molecule has 0 fully saturated rings. The van der Waals surface area contributed by atoms with Crippen molar-refractivity contribution in [3.05, 3.63) is 24.3 Å². The lowest BCUT2D eigenvalue weighted by molar-refractivity contribution is -0.119. The van der Waals surface area contributed by atoms with Gasteiger partial charge in [-0.25, -0.2) is 0 Å². The van der Waals surface area contributed by atoms with Crippen molar-refractivity contribution in [1.82, 2.24) is 0 Å². The van der Waals surface area contributed by atoms with Gasteiger partial charge in [0.25, 0.3) is 0 Å². The molecule has 1 aliphatic heterocycles. The molecule has 2 rings (SSSR count). The lowest BCUT2D eigenvalue weighted by Gasteiger charge is -2.34. The maximum atomic E-state index is 11.8. The molecule has 3 heteroatoms. The van der Waals surface area contributed by atoms with Crippen LogP contribution in [0.4, 0.5) is 5.69 Å². The Bertz CT molecular complexity index is 376. The molecule has 0 aliphatic carbocycles. The van der Waals surface area contributed by atoms with Gasteiger partial charge in [0.1, 0.15) is 12.4 Å². The van der Waals surface area contributed by atoms with Gasteiger partial charge in [0, 0.05) is 6.42 Å². The number of hydrogen-bond donors (Lipinski definition) is 0. The van der Waals surface area contributed by atoms with Gasteiger partial charge in [-0.2, -0.15) is 0 Å². The van der Waals surface area contributed by atoms with E-state index in [1.54, 1.807) is 0 Å². The van der Waals surface area contributed by atoms with Crippen molar-refractivity contribution in [2.24, 2.45) is 0 Å². The molecule has 0 radical (unpaired) electrons. The zero-order valence-electron chi connectivity index (χ0n) is 9.06. The zero-order valence-corrected chi connectivity index (χ0v) is 9.06. The van der Waals surface area contributed by atoms with Crippen LogP contribution >= 0.6 is 0 Å². The van der Waals surface area contributed by atoms with Crippen LogP contribution in [0.1, 0.15) is 20.3 Å². The topological polar surface area (TPSA) is 29.5 Å². The summed E-state index contributed by atoms with van der Waals surface area (Å²) >= 11 is 0. The van der Waals surface area contributed by atoms with Crippen molar-refractivity contribution in [3.63, 3.8) is 0 Å². The maximum Gasteiger partial charge on any atom is 0.227 e. The summed E-state index contributed by atoms with van der Waals surface area (Å²) < 4.78 is 5.57. The van der Waals surface area contributed by atoms with Crippen molar-refractivity contribution in [1.29, 1.82) is 0 Å². The molecule has 80 valence electrons. The van der Waals surface area contributed by atoms with Crippen LogP contribution in [0.3, 0.4) is 0 Å². The number of carbonyl (C=O) groups is 1. The fourth-order valence-electron chi connectivity index (χ4n) is 1.85. The number of benzene rings is 1. The van der Waals surface area contributed by atoms with Gasteiger partial charge in [0.15, 0.2) is 0 Å². The molecule has 1 heterocycles. The molecular weight excluding hydrogens is 190 g/mol. The highest BCUT2D eigenvalue weighted by Crippen LogP contribution is 2.33. The van der Waals surface area contributed by atoms with E-state index in [4.69, 9.17) is 4.74 Å². The van der Waals surface area contributed by atoms with E-state index >= 15 is 0 Å². The average molecular weight is 205 g/mol. The minimum Gasteiger partial charge on any atom is -0.489 e. The largest absolute Gasteiger partial charge is 0.489 e. The highest BCUT2D eigenvalue weighted by molar-refractivity contribution is 5.95. The number of anilines is 1. The molecule has 0 saturated heterocycles.